The fraction of sp³-hybridized carbons (Fsp3) is 0.538. The van der Waals surface area contributed by atoms with E-state index in [0.29, 0.717) is 66.2 Å². The Morgan fingerprint density at radius 1 is 0.731 bits per heavy atom. The summed E-state index contributed by atoms with van der Waals surface area (Å²) in [6, 6.07) is 10.8. The molecule has 0 saturated heterocycles. The van der Waals surface area contributed by atoms with E-state index in [-0.39, 0.29) is 21.8 Å². The molecule has 2 atom stereocenters. The highest BCUT2D eigenvalue weighted by atomic mass is 32.2. The molecular weight excluding hydrogens is 701 g/mol. The van der Waals surface area contributed by atoms with Crippen molar-refractivity contribution < 1.29 is 30.6 Å². The van der Waals surface area contributed by atoms with Crippen LogP contribution in [0.4, 0.5) is 0 Å². The summed E-state index contributed by atoms with van der Waals surface area (Å²) in [5.41, 5.74) is 5.34. The van der Waals surface area contributed by atoms with E-state index in [4.69, 9.17) is 13.8 Å². The fourth-order valence-electron chi connectivity index (χ4n) is 7.30. The Bertz CT molecular complexity index is 2090. The molecule has 1 aliphatic carbocycles. The first-order valence-electron chi connectivity index (χ1n) is 17.9. The number of nitrogens with one attached hydrogen (secondary N) is 2. The zero-order chi connectivity index (χ0) is 38.2. The number of hydrogen-bond donors (Lipinski definition) is 2. The molecule has 2 heterocycles. The van der Waals surface area contributed by atoms with Gasteiger partial charge < -0.3 is 13.8 Å². The number of ether oxygens (including phenoxy) is 1. The summed E-state index contributed by atoms with van der Waals surface area (Å²) in [7, 11) is -7.48. The number of sulfonamides is 2. The molecule has 1 fully saturated rings. The number of hydrogen-bond acceptors (Lipinski definition) is 9. The van der Waals surface area contributed by atoms with E-state index in [1.54, 1.807) is 32.0 Å². The molecule has 52 heavy (non-hydrogen) atoms. The minimum Gasteiger partial charge on any atom is -0.376 e. The molecule has 0 bridgehead atoms. The summed E-state index contributed by atoms with van der Waals surface area (Å²) in [6.07, 6.45) is 3.20. The normalized spacial score (nSPS) is 16.8. The number of aryl methyl sites for hydroxylation is 6. The minimum atomic E-state index is -3.76. The van der Waals surface area contributed by atoms with Crippen LogP contribution in [0.2, 0.25) is 0 Å². The second-order valence-electron chi connectivity index (χ2n) is 15.6. The molecule has 0 radical (unpaired) electrons. The van der Waals surface area contributed by atoms with E-state index in [2.05, 4.69) is 33.6 Å². The maximum Gasteiger partial charge on any atom is 0.240 e. The van der Waals surface area contributed by atoms with Crippen molar-refractivity contribution in [1.29, 1.82) is 0 Å². The fourth-order valence-corrected chi connectivity index (χ4v) is 9.90. The molecule has 2 N–H and O–H groups in total. The Labute approximate surface area is 309 Å². The van der Waals surface area contributed by atoms with E-state index >= 15 is 0 Å². The van der Waals surface area contributed by atoms with Crippen LogP contribution in [0.5, 0.6) is 0 Å². The van der Waals surface area contributed by atoms with Crippen molar-refractivity contribution >= 4 is 20.0 Å². The highest BCUT2D eigenvalue weighted by molar-refractivity contribution is 7.89. The van der Waals surface area contributed by atoms with Gasteiger partial charge in [0.1, 0.15) is 11.5 Å². The van der Waals surface area contributed by atoms with E-state index < -0.39 is 25.6 Å². The average molecular weight is 755 g/mol. The summed E-state index contributed by atoms with van der Waals surface area (Å²) in [5.74, 6) is 2.27. The van der Waals surface area contributed by atoms with Crippen LogP contribution in [-0.2, 0) is 24.8 Å². The maximum absolute atomic E-state index is 13.4. The van der Waals surface area contributed by atoms with Crippen LogP contribution < -0.4 is 9.44 Å². The van der Waals surface area contributed by atoms with Gasteiger partial charge in [-0.05, 0) is 133 Å². The first-order chi connectivity index (χ1) is 24.2. The predicted molar refractivity (Wildman–Crippen MR) is 202 cm³/mol. The predicted octanol–water partition coefficient (Wildman–Crippen LogP) is 7.73. The zero-order valence-electron chi connectivity index (χ0n) is 32.1. The molecule has 5 rings (SSSR count). The molecule has 0 spiro atoms. The molecule has 4 aromatic rings. The summed E-state index contributed by atoms with van der Waals surface area (Å²) in [5, 5.41) is 8.01. The second kappa shape index (κ2) is 15.2. The molecule has 284 valence electrons. The van der Waals surface area contributed by atoms with Gasteiger partial charge in [0.25, 0.3) is 0 Å². The minimum absolute atomic E-state index is 0.0461. The first-order valence-corrected chi connectivity index (χ1v) is 20.9. The third kappa shape index (κ3) is 9.04. The molecule has 1 saturated carbocycles. The number of rotatable bonds is 17. The van der Waals surface area contributed by atoms with Gasteiger partial charge >= 0.3 is 0 Å². The molecular formula is C39H54N4O7S2. The Kier molecular flexibility index (Phi) is 11.6. The Morgan fingerprint density at radius 2 is 1.19 bits per heavy atom. The van der Waals surface area contributed by atoms with Crippen LogP contribution in [0.15, 0.2) is 55.2 Å². The summed E-state index contributed by atoms with van der Waals surface area (Å²) < 4.78 is 75.9. The van der Waals surface area contributed by atoms with Crippen molar-refractivity contribution in [2.45, 2.75) is 110 Å². The van der Waals surface area contributed by atoms with Crippen molar-refractivity contribution in [3.05, 3.63) is 70.4 Å². The van der Waals surface area contributed by atoms with Gasteiger partial charge in [0.2, 0.25) is 20.0 Å². The maximum atomic E-state index is 13.4. The SMILES string of the molecule is Cc1ccc(-c2c(C)noc2C)cc1S(=O)(=O)NCCC(C)(C)OCCC1CC1C(C)(C)CCNS(=O)(=O)c1cc(-c2c(C)noc2C)ccc1C. The first kappa shape index (κ1) is 39.8. The van der Waals surface area contributed by atoms with E-state index in [0.717, 1.165) is 40.8 Å². The Hall–Kier alpha value is -3.36. The van der Waals surface area contributed by atoms with Crippen molar-refractivity contribution in [1.82, 2.24) is 19.8 Å². The average Bonchev–Trinajstić information content (AvgIpc) is 3.66. The van der Waals surface area contributed by atoms with Gasteiger partial charge in [0, 0.05) is 30.8 Å². The summed E-state index contributed by atoms with van der Waals surface area (Å²) >= 11 is 0. The lowest BCUT2D eigenvalue weighted by Gasteiger charge is -2.27. The van der Waals surface area contributed by atoms with Gasteiger partial charge in [-0.2, -0.15) is 0 Å². The van der Waals surface area contributed by atoms with E-state index in [1.807, 2.05) is 59.7 Å². The zero-order valence-corrected chi connectivity index (χ0v) is 33.8. The number of nitrogens with zero attached hydrogens (tertiary/aromatic N) is 2. The molecule has 2 aromatic heterocycles. The van der Waals surface area contributed by atoms with Crippen LogP contribution >= 0.6 is 0 Å². The second-order valence-corrected chi connectivity index (χ2v) is 19.1. The lowest BCUT2D eigenvalue weighted by molar-refractivity contribution is -0.0256. The molecule has 0 amide bonds. The smallest absolute Gasteiger partial charge is 0.240 e. The van der Waals surface area contributed by atoms with Crippen LogP contribution in [0.25, 0.3) is 22.3 Å². The number of benzene rings is 2. The Balaban J connectivity index is 1.07. The van der Waals surface area contributed by atoms with Gasteiger partial charge in [-0.15, -0.1) is 0 Å². The van der Waals surface area contributed by atoms with Gasteiger partial charge in [-0.3, -0.25) is 0 Å². The largest absolute Gasteiger partial charge is 0.376 e. The van der Waals surface area contributed by atoms with Crippen LogP contribution in [0, 0.1) is 58.8 Å². The van der Waals surface area contributed by atoms with Gasteiger partial charge in [-0.25, -0.2) is 26.3 Å². The van der Waals surface area contributed by atoms with E-state index in [9.17, 15) is 16.8 Å². The van der Waals surface area contributed by atoms with Gasteiger partial charge in [0.15, 0.2) is 0 Å². The lowest BCUT2D eigenvalue weighted by atomic mass is 9.82. The topological polar surface area (TPSA) is 154 Å². The van der Waals surface area contributed by atoms with Gasteiger partial charge in [0.05, 0.1) is 26.8 Å². The molecule has 13 heteroatoms. The quantitative estimate of drug-likeness (QED) is 0.110. The Morgan fingerprint density at radius 3 is 1.63 bits per heavy atom. The third-order valence-corrected chi connectivity index (χ3v) is 13.8. The summed E-state index contributed by atoms with van der Waals surface area (Å²) in [4.78, 5) is 0.494. The highest BCUT2D eigenvalue weighted by Gasteiger charge is 2.46. The summed E-state index contributed by atoms with van der Waals surface area (Å²) in [6.45, 7) is 20.4. The molecule has 0 aliphatic heterocycles. The third-order valence-electron chi connectivity index (χ3n) is 10.6. The monoisotopic (exact) mass is 754 g/mol. The van der Waals surface area contributed by atoms with Crippen molar-refractivity contribution in [3.63, 3.8) is 0 Å². The molecule has 11 nitrogen and oxygen atoms in total. The van der Waals surface area contributed by atoms with Crippen LogP contribution in [0.3, 0.4) is 0 Å². The molecule has 2 aromatic carbocycles. The standard InChI is InChI=1S/C39H54N4O7S2/c1-24-11-13-31(36-26(3)42-49-28(36)5)22-34(24)51(44,45)40-18-16-38(7,8)33-21-30(33)15-20-48-39(9,10)17-19-41-52(46,47)35-23-32(14-12-25(35)2)37-27(4)43-50-29(37)6/h11-14,22-23,30,33,40-41H,15-21H2,1-10H3. The van der Waals surface area contributed by atoms with Crippen molar-refractivity contribution in [2.75, 3.05) is 19.7 Å². The van der Waals surface area contributed by atoms with Crippen molar-refractivity contribution in [3.8, 4) is 22.3 Å². The van der Waals surface area contributed by atoms with Crippen molar-refractivity contribution in [2.24, 2.45) is 17.3 Å². The highest BCUT2D eigenvalue weighted by Crippen LogP contribution is 2.54. The molecule has 1 aliphatic rings. The van der Waals surface area contributed by atoms with Crippen LogP contribution in [-0.4, -0.2) is 52.4 Å². The number of aromatic nitrogens is 2. The van der Waals surface area contributed by atoms with Crippen LogP contribution in [0.1, 0.15) is 87.4 Å². The van der Waals surface area contributed by atoms with Gasteiger partial charge in [-0.1, -0.05) is 48.4 Å². The lowest BCUT2D eigenvalue weighted by Crippen LogP contribution is -2.33. The van der Waals surface area contributed by atoms with E-state index in [1.165, 1.54) is 0 Å². The molecule has 2 unspecified atom stereocenters.